The third-order valence-corrected chi connectivity index (χ3v) is 5.35. The molecular formula is C21H19ClFN5O2S. The summed E-state index contributed by atoms with van der Waals surface area (Å²) < 4.78 is 15.4. The van der Waals surface area contributed by atoms with E-state index in [0.29, 0.717) is 28.2 Å². The van der Waals surface area contributed by atoms with E-state index in [4.69, 9.17) is 11.6 Å². The van der Waals surface area contributed by atoms with E-state index in [1.807, 2.05) is 0 Å². The zero-order valence-corrected chi connectivity index (χ0v) is 17.9. The molecule has 0 saturated carbocycles. The zero-order chi connectivity index (χ0) is 22.2. The van der Waals surface area contributed by atoms with Crippen molar-refractivity contribution in [3.05, 3.63) is 77.9 Å². The first-order valence-electron chi connectivity index (χ1n) is 9.22. The van der Waals surface area contributed by atoms with Gasteiger partial charge in [0.05, 0.1) is 28.6 Å². The van der Waals surface area contributed by atoms with Gasteiger partial charge in [-0.25, -0.2) is 4.39 Å². The van der Waals surface area contributed by atoms with Gasteiger partial charge < -0.3 is 15.2 Å². The number of rotatable bonds is 9. The van der Waals surface area contributed by atoms with Crippen molar-refractivity contribution in [3.8, 4) is 0 Å². The lowest BCUT2D eigenvalue weighted by atomic mass is 10.3. The van der Waals surface area contributed by atoms with E-state index in [-0.39, 0.29) is 23.8 Å². The highest BCUT2D eigenvalue weighted by Gasteiger charge is 2.17. The fourth-order valence-electron chi connectivity index (χ4n) is 2.65. The predicted octanol–water partition coefficient (Wildman–Crippen LogP) is 4.17. The highest BCUT2D eigenvalue weighted by molar-refractivity contribution is 7.99. The molecule has 0 aliphatic carbocycles. The number of carbonyl (C=O) groups is 2. The normalized spacial score (nSPS) is 10.5. The molecule has 2 N–H and O–H groups in total. The standard InChI is InChI=1S/C21H19ClFN5O2S/c1-2-11-28-18(12-19(29)25-17-10-6-4-8-15(17)23)26-27-21(28)31-13-20(30)24-16-9-5-3-7-14(16)22/h2-10H,1,11-13H2,(H,24,30)(H,25,29). The molecule has 31 heavy (non-hydrogen) atoms. The number of halogens is 2. The van der Waals surface area contributed by atoms with Crippen LogP contribution >= 0.6 is 23.4 Å². The Morgan fingerprint density at radius 3 is 2.45 bits per heavy atom. The third kappa shape index (κ3) is 6.16. The number of para-hydroxylation sites is 2. The molecule has 0 atom stereocenters. The quantitative estimate of drug-likeness (QED) is 0.370. The van der Waals surface area contributed by atoms with Crippen LogP contribution in [0, 0.1) is 5.82 Å². The molecule has 10 heteroatoms. The van der Waals surface area contributed by atoms with Gasteiger partial charge in [0, 0.05) is 6.54 Å². The minimum atomic E-state index is -0.524. The summed E-state index contributed by atoms with van der Waals surface area (Å²) in [6.07, 6.45) is 1.52. The third-order valence-electron chi connectivity index (χ3n) is 4.05. The number of hydrogen-bond acceptors (Lipinski definition) is 5. The molecule has 160 valence electrons. The fourth-order valence-corrected chi connectivity index (χ4v) is 3.60. The average molecular weight is 460 g/mol. The molecular weight excluding hydrogens is 441 g/mol. The smallest absolute Gasteiger partial charge is 0.234 e. The highest BCUT2D eigenvalue weighted by Crippen LogP contribution is 2.22. The molecule has 7 nitrogen and oxygen atoms in total. The van der Waals surface area contributed by atoms with Crippen LogP contribution in [0.1, 0.15) is 5.82 Å². The molecule has 0 radical (unpaired) electrons. The summed E-state index contributed by atoms with van der Waals surface area (Å²) in [5.74, 6) is -0.769. The second-order valence-corrected chi connectivity index (χ2v) is 7.67. The second kappa shape index (κ2) is 10.7. The first-order valence-corrected chi connectivity index (χ1v) is 10.6. The number of nitrogens with zero attached hydrogens (tertiary/aromatic N) is 3. The summed E-state index contributed by atoms with van der Waals surface area (Å²) >= 11 is 7.22. The maximum atomic E-state index is 13.7. The van der Waals surface area contributed by atoms with Gasteiger partial charge in [-0.1, -0.05) is 53.7 Å². The molecule has 1 aromatic heterocycles. The minimum Gasteiger partial charge on any atom is -0.324 e. The van der Waals surface area contributed by atoms with Gasteiger partial charge in [-0.2, -0.15) is 0 Å². The van der Waals surface area contributed by atoms with Crippen molar-refractivity contribution in [2.75, 3.05) is 16.4 Å². The van der Waals surface area contributed by atoms with Gasteiger partial charge in [0.2, 0.25) is 11.8 Å². The lowest BCUT2D eigenvalue weighted by Gasteiger charge is -2.09. The van der Waals surface area contributed by atoms with Crippen LogP contribution in [0.5, 0.6) is 0 Å². The van der Waals surface area contributed by atoms with Crippen molar-refractivity contribution in [1.82, 2.24) is 14.8 Å². The second-order valence-electron chi connectivity index (χ2n) is 6.32. The molecule has 0 aliphatic rings. The lowest BCUT2D eigenvalue weighted by molar-refractivity contribution is -0.116. The van der Waals surface area contributed by atoms with Crippen LogP contribution in [-0.2, 0) is 22.6 Å². The summed E-state index contributed by atoms with van der Waals surface area (Å²) in [5.41, 5.74) is 0.612. The zero-order valence-electron chi connectivity index (χ0n) is 16.3. The van der Waals surface area contributed by atoms with E-state index in [9.17, 15) is 14.0 Å². The molecule has 0 saturated heterocycles. The molecule has 0 spiro atoms. The van der Waals surface area contributed by atoms with Gasteiger partial charge >= 0.3 is 0 Å². The van der Waals surface area contributed by atoms with Crippen LogP contribution in [0.2, 0.25) is 5.02 Å². The first-order chi connectivity index (χ1) is 15.0. The number of anilines is 2. The summed E-state index contributed by atoms with van der Waals surface area (Å²) in [4.78, 5) is 24.6. The Kier molecular flexibility index (Phi) is 7.80. The maximum Gasteiger partial charge on any atom is 0.234 e. The minimum absolute atomic E-state index is 0.0714. The van der Waals surface area contributed by atoms with E-state index >= 15 is 0 Å². The molecule has 3 rings (SSSR count). The molecule has 0 fully saturated rings. The first kappa shape index (κ1) is 22.5. The summed E-state index contributed by atoms with van der Waals surface area (Å²) in [7, 11) is 0. The highest BCUT2D eigenvalue weighted by atomic mass is 35.5. The summed E-state index contributed by atoms with van der Waals surface area (Å²) in [5, 5.41) is 14.3. The maximum absolute atomic E-state index is 13.7. The number of thioether (sulfide) groups is 1. The Labute approximate surface area is 187 Å². The average Bonchev–Trinajstić information content (AvgIpc) is 3.11. The van der Waals surface area contributed by atoms with Gasteiger partial charge in [0.15, 0.2) is 5.16 Å². The molecule has 2 aromatic carbocycles. The van der Waals surface area contributed by atoms with E-state index in [1.165, 1.54) is 30.0 Å². The van der Waals surface area contributed by atoms with Gasteiger partial charge in [0.25, 0.3) is 0 Å². The van der Waals surface area contributed by atoms with Crippen molar-refractivity contribution in [2.24, 2.45) is 0 Å². The summed E-state index contributed by atoms with van der Waals surface area (Å²) in [6.45, 7) is 4.06. The largest absolute Gasteiger partial charge is 0.324 e. The Morgan fingerprint density at radius 2 is 1.74 bits per heavy atom. The Hall–Kier alpha value is -3.17. The SMILES string of the molecule is C=CCn1c(CC(=O)Nc2ccccc2F)nnc1SCC(=O)Nc1ccccc1Cl. The Bertz CT molecular complexity index is 1100. The number of carbonyl (C=O) groups excluding carboxylic acids is 2. The van der Waals surface area contributed by atoms with Gasteiger partial charge in [-0.05, 0) is 24.3 Å². The van der Waals surface area contributed by atoms with Crippen molar-refractivity contribution >= 4 is 46.6 Å². The fraction of sp³-hybridized carbons (Fsp3) is 0.143. The van der Waals surface area contributed by atoms with E-state index in [2.05, 4.69) is 27.4 Å². The predicted molar refractivity (Wildman–Crippen MR) is 120 cm³/mol. The van der Waals surface area contributed by atoms with Crippen LogP contribution in [0.15, 0.2) is 66.3 Å². The molecule has 0 aliphatic heterocycles. The van der Waals surface area contributed by atoms with Crippen molar-refractivity contribution in [2.45, 2.75) is 18.1 Å². The van der Waals surface area contributed by atoms with E-state index in [1.54, 1.807) is 41.0 Å². The number of allylic oxidation sites excluding steroid dienone is 1. The van der Waals surface area contributed by atoms with Crippen LogP contribution in [-0.4, -0.2) is 32.3 Å². The van der Waals surface area contributed by atoms with Crippen molar-refractivity contribution < 1.29 is 14.0 Å². The molecule has 2 amide bonds. The van der Waals surface area contributed by atoms with Crippen LogP contribution in [0.3, 0.4) is 0 Å². The molecule has 3 aromatic rings. The van der Waals surface area contributed by atoms with Crippen LogP contribution < -0.4 is 10.6 Å². The van der Waals surface area contributed by atoms with Crippen LogP contribution in [0.25, 0.3) is 0 Å². The lowest BCUT2D eigenvalue weighted by Crippen LogP contribution is -2.18. The van der Waals surface area contributed by atoms with E-state index < -0.39 is 11.7 Å². The van der Waals surface area contributed by atoms with Crippen molar-refractivity contribution in [3.63, 3.8) is 0 Å². The van der Waals surface area contributed by atoms with Gasteiger partial charge in [0.1, 0.15) is 11.6 Å². The number of benzene rings is 2. The Balaban J connectivity index is 1.63. The number of aromatic nitrogens is 3. The monoisotopic (exact) mass is 459 g/mol. The van der Waals surface area contributed by atoms with Crippen molar-refractivity contribution in [1.29, 1.82) is 0 Å². The Morgan fingerprint density at radius 1 is 1.06 bits per heavy atom. The number of nitrogens with one attached hydrogen (secondary N) is 2. The number of amides is 2. The van der Waals surface area contributed by atoms with Gasteiger partial charge in [-0.15, -0.1) is 16.8 Å². The molecule has 0 bridgehead atoms. The number of hydrogen-bond donors (Lipinski definition) is 2. The molecule has 1 heterocycles. The topological polar surface area (TPSA) is 88.9 Å². The van der Waals surface area contributed by atoms with Gasteiger partial charge in [-0.3, -0.25) is 9.59 Å². The molecule has 0 unspecified atom stereocenters. The van der Waals surface area contributed by atoms with Crippen LogP contribution in [0.4, 0.5) is 15.8 Å². The summed E-state index contributed by atoms with van der Waals surface area (Å²) in [6, 6.07) is 12.8. The van der Waals surface area contributed by atoms with E-state index in [0.717, 1.165) is 0 Å².